The summed E-state index contributed by atoms with van der Waals surface area (Å²) in [6.07, 6.45) is 0.825. The van der Waals surface area contributed by atoms with Gasteiger partial charge in [0.15, 0.2) is 0 Å². The maximum absolute atomic E-state index is 12.4. The molecule has 0 aromatic heterocycles. The molecule has 3 rings (SSSR count). The number of carboxylic acids is 1. The SMILES string of the molecule is O=C(NCC1(C(=O)O)CCOCC1)c1ccc(-c2ccccc2)cc1. The van der Waals surface area contributed by atoms with Crippen LogP contribution in [0.25, 0.3) is 11.1 Å². The zero-order chi connectivity index (χ0) is 17.7. The van der Waals surface area contributed by atoms with Gasteiger partial charge in [-0.2, -0.15) is 0 Å². The van der Waals surface area contributed by atoms with E-state index >= 15 is 0 Å². The molecule has 0 saturated carbocycles. The fourth-order valence-electron chi connectivity index (χ4n) is 3.02. The van der Waals surface area contributed by atoms with E-state index in [1.807, 2.05) is 42.5 Å². The molecule has 2 aromatic carbocycles. The van der Waals surface area contributed by atoms with Gasteiger partial charge in [-0.1, -0.05) is 42.5 Å². The summed E-state index contributed by atoms with van der Waals surface area (Å²) in [6.45, 7) is 0.937. The van der Waals surface area contributed by atoms with E-state index in [-0.39, 0.29) is 12.5 Å². The molecule has 130 valence electrons. The molecule has 5 nitrogen and oxygen atoms in total. The van der Waals surface area contributed by atoms with Crippen LogP contribution in [0, 0.1) is 5.41 Å². The lowest BCUT2D eigenvalue weighted by Crippen LogP contribution is -2.46. The normalized spacial score (nSPS) is 16.2. The zero-order valence-electron chi connectivity index (χ0n) is 13.9. The third-order valence-corrected chi connectivity index (χ3v) is 4.75. The summed E-state index contributed by atoms with van der Waals surface area (Å²) < 4.78 is 5.25. The minimum atomic E-state index is -0.933. The maximum atomic E-state index is 12.4. The van der Waals surface area contributed by atoms with Crippen LogP contribution in [0.4, 0.5) is 0 Å². The number of nitrogens with one attached hydrogen (secondary N) is 1. The maximum Gasteiger partial charge on any atom is 0.311 e. The summed E-state index contributed by atoms with van der Waals surface area (Å²) in [5, 5.41) is 12.3. The van der Waals surface area contributed by atoms with Crippen LogP contribution in [0.1, 0.15) is 23.2 Å². The second-order valence-corrected chi connectivity index (χ2v) is 6.32. The molecule has 2 aromatic rings. The van der Waals surface area contributed by atoms with Crippen LogP contribution >= 0.6 is 0 Å². The molecule has 5 heteroatoms. The monoisotopic (exact) mass is 339 g/mol. The largest absolute Gasteiger partial charge is 0.481 e. The van der Waals surface area contributed by atoms with E-state index in [2.05, 4.69) is 5.32 Å². The van der Waals surface area contributed by atoms with E-state index in [1.54, 1.807) is 12.1 Å². The Labute approximate surface area is 146 Å². The van der Waals surface area contributed by atoms with Gasteiger partial charge >= 0.3 is 5.97 Å². The highest BCUT2D eigenvalue weighted by Crippen LogP contribution is 2.30. The van der Waals surface area contributed by atoms with Crippen LogP contribution < -0.4 is 5.32 Å². The molecule has 0 bridgehead atoms. The third-order valence-electron chi connectivity index (χ3n) is 4.75. The highest BCUT2D eigenvalue weighted by molar-refractivity contribution is 5.95. The van der Waals surface area contributed by atoms with Gasteiger partial charge in [-0.25, -0.2) is 0 Å². The van der Waals surface area contributed by atoms with E-state index < -0.39 is 11.4 Å². The number of rotatable bonds is 5. The predicted octanol–water partition coefficient (Wildman–Crippen LogP) is 2.96. The van der Waals surface area contributed by atoms with Gasteiger partial charge in [0.05, 0.1) is 5.41 Å². The molecule has 0 radical (unpaired) electrons. The van der Waals surface area contributed by atoms with E-state index in [1.165, 1.54) is 0 Å². The first-order valence-electron chi connectivity index (χ1n) is 8.36. The molecule has 25 heavy (non-hydrogen) atoms. The Balaban J connectivity index is 1.66. The number of ether oxygens (including phenoxy) is 1. The first-order chi connectivity index (χ1) is 12.1. The molecule has 1 amide bonds. The fourth-order valence-corrected chi connectivity index (χ4v) is 3.02. The Morgan fingerprint density at radius 3 is 2.16 bits per heavy atom. The topological polar surface area (TPSA) is 75.6 Å². The molecule has 1 fully saturated rings. The van der Waals surface area contributed by atoms with Gasteiger partial charge in [0.2, 0.25) is 0 Å². The molecule has 1 aliphatic rings. The third kappa shape index (κ3) is 3.88. The van der Waals surface area contributed by atoms with E-state index in [0.29, 0.717) is 31.6 Å². The highest BCUT2D eigenvalue weighted by atomic mass is 16.5. The summed E-state index contributed by atoms with van der Waals surface area (Å²) in [5.41, 5.74) is 1.70. The van der Waals surface area contributed by atoms with Crippen LogP contribution in [0.15, 0.2) is 54.6 Å². The number of aliphatic carboxylic acids is 1. The molecule has 0 atom stereocenters. The summed E-state index contributed by atoms with van der Waals surface area (Å²) in [6, 6.07) is 17.2. The summed E-state index contributed by atoms with van der Waals surface area (Å²) in [5.74, 6) is -1.14. The van der Waals surface area contributed by atoms with Crippen LogP contribution in [-0.2, 0) is 9.53 Å². The molecule has 1 heterocycles. The lowest BCUT2D eigenvalue weighted by molar-refractivity contribution is -0.154. The average Bonchev–Trinajstić information content (AvgIpc) is 2.67. The first-order valence-corrected chi connectivity index (χ1v) is 8.36. The van der Waals surface area contributed by atoms with Crippen molar-refractivity contribution >= 4 is 11.9 Å². The van der Waals surface area contributed by atoms with Gasteiger partial charge in [0.1, 0.15) is 0 Å². The minimum absolute atomic E-state index is 0.116. The Morgan fingerprint density at radius 1 is 0.960 bits per heavy atom. The van der Waals surface area contributed by atoms with Gasteiger partial charge in [0.25, 0.3) is 5.91 Å². The van der Waals surface area contributed by atoms with E-state index in [9.17, 15) is 14.7 Å². The van der Waals surface area contributed by atoms with Crippen molar-refractivity contribution < 1.29 is 19.4 Å². The van der Waals surface area contributed by atoms with Crippen LogP contribution in [0.3, 0.4) is 0 Å². The molecule has 0 aliphatic carbocycles. The zero-order valence-corrected chi connectivity index (χ0v) is 13.9. The smallest absolute Gasteiger partial charge is 0.311 e. The Hall–Kier alpha value is -2.66. The number of hydrogen-bond donors (Lipinski definition) is 2. The van der Waals surface area contributed by atoms with Crippen molar-refractivity contribution in [2.24, 2.45) is 5.41 Å². The average molecular weight is 339 g/mol. The highest BCUT2D eigenvalue weighted by Gasteiger charge is 2.40. The van der Waals surface area contributed by atoms with Crippen molar-refractivity contribution in [3.8, 4) is 11.1 Å². The fraction of sp³-hybridized carbons (Fsp3) is 0.300. The van der Waals surface area contributed by atoms with Gasteiger partial charge in [-0.05, 0) is 36.1 Å². The molecular formula is C20H21NO4. The second-order valence-electron chi connectivity index (χ2n) is 6.32. The number of carboxylic acid groups (broad SMARTS) is 1. The van der Waals surface area contributed by atoms with Crippen molar-refractivity contribution in [2.45, 2.75) is 12.8 Å². The number of benzene rings is 2. The Bertz CT molecular complexity index is 734. The van der Waals surface area contributed by atoms with Crippen molar-refractivity contribution in [3.05, 3.63) is 60.2 Å². The second kappa shape index (κ2) is 7.49. The molecule has 0 unspecified atom stereocenters. The quantitative estimate of drug-likeness (QED) is 0.878. The molecule has 0 spiro atoms. The number of carbonyl (C=O) groups is 2. The minimum Gasteiger partial charge on any atom is -0.481 e. The van der Waals surface area contributed by atoms with E-state index in [4.69, 9.17) is 4.74 Å². The molecular weight excluding hydrogens is 318 g/mol. The lowest BCUT2D eigenvalue weighted by atomic mass is 9.80. The van der Waals surface area contributed by atoms with Gasteiger partial charge < -0.3 is 15.2 Å². The van der Waals surface area contributed by atoms with Crippen LogP contribution in [-0.4, -0.2) is 36.7 Å². The number of carbonyl (C=O) groups excluding carboxylic acids is 1. The summed E-state index contributed by atoms with van der Waals surface area (Å²) in [7, 11) is 0. The van der Waals surface area contributed by atoms with Crippen molar-refractivity contribution in [1.82, 2.24) is 5.32 Å². The van der Waals surface area contributed by atoms with Gasteiger partial charge in [-0.15, -0.1) is 0 Å². The van der Waals surface area contributed by atoms with Crippen molar-refractivity contribution in [3.63, 3.8) is 0 Å². The lowest BCUT2D eigenvalue weighted by Gasteiger charge is -2.33. The molecule has 2 N–H and O–H groups in total. The number of amides is 1. The molecule has 1 aliphatic heterocycles. The van der Waals surface area contributed by atoms with Gasteiger partial charge in [-0.3, -0.25) is 9.59 Å². The van der Waals surface area contributed by atoms with Crippen LogP contribution in [0.5, 0.6) is 0 Å². The Kier molecular flexibility index (Phi) is 5.14. The Morgan fingerprint density at radius 2 is 1.56 bits per heavy atom. The molecule has 1 saturated heterocycles. The van der Waals surface area contributed by atoms with Crippen molar-refractivity contribution in [2.75, 3.05) is 19.8 Å². The standard InChI is InChI=1S/C20H21NO4/c22-18(21-14-20(19(23)24)10-12-25-13-11-20)17-8-6-16(7-9-17)15-4-2-1-3-5-15/h1-9H,10-14H2,(H,21,22)(H,23,24). The summed E-state index contributed by atoms with van der Waals surface area (Å²) >= 11 is 0. The van der Waals surface area contributed by atoms with Crippen LogP contribution in [0.2, 0.25) is 0 Å². The predicted molar refractivity (Wildman–Crippen MR) is 94.3 cm³/mol. The van der Waals surface area contributed by atoms with E-state index in [0.717, 1.165) is 11.1 Å². The number of hydrogen-bond acceptors (Lipinski definition) is 3. The van der Waals surface area contributed by atoms with Gasteiger partial charge in [0, 0.05) is 25.3 Å². The first kappa shape index (κ1) is 17.2. The van der Waals surface area contributed by atoms with Crippen molar-refractivity contribution in [1.29, 1.82) is 0 Å². The summed E-state index contributed by atoms with van der Waals surface area (Å²) in [4.78, 5) is 24.0.